The van der Waals surface area contributed by atoms with Crippen molar-refractivity contribution >= 4 is 0 Å². The standard InChI is InChI=1S/C16H18FNO2/c1-11(18)12-6-8-14(9-7-12)20-10-13-4-3-5-15(19-2)16(13)17/h3-9,11H,10,18H2,1-2H3/t11-/m1/s1. The fourth-order valence-corrected chi connectivity index (χ4v) is 1.85. The van der Waals surface area contributed by atoms with Crippen LogP contribution in [0.2, 0.25) is 0 Å². The Labute approximate surface area is 118 Å². The Morgan fingerprint density at radius 2 is 1.85 bits per heavy atom. The predicted octanol–water partition coefficient (Wildman–Crippen LogP) is 3.43. The van der Waals surface area contributed by atoms with E-state index in [0.29, 0.717) is 11.3 Å². The summed E-state index contributed by atoms with van der Waals surface area (Å²) in [4.78, 5) is 0. The minimum atomic E-state index is -0.387. The van der Waals surface area contributed by atoms with E-state index < -0.39 is 0 Å². The molecule has 2 N–H and O–H groups in total. The molecule has 0 aromatic heterocycles. The van der Waals surface area contributed by atoms with Crippen LogP contribution in [0.4, 0.5) is 4.39 Å². The van der Waals surface area contributed by atoms with Gasteiger partial charge in [0.1, 0.15) is 12.4 Å². The smallest absolute Gasteiger partial charge is 0.171 e. The van der Waals surface area contributed by atoms with E-state index in [2.05, 4.69) is 0 Å². The van der Waals surface area contributed by atoms with E-state index in [9.17, 15) is 4.39 Å². The maximum atomic E-state index is 13.9. The average Bonchev–Trinajstić information content (AvgIpc) is 2.46. The van der Waals surface area contributed by atoms with Crippen molar-refractivity contribution in [3.05, 3.63) is 59.4 Å². The van der Waals surface area contributed by atoms with Crippen LogP contribution in [0, 0.1) is 5.82 Å². The molecule has 0 fully saturated rings. The van der Waals surface area contributed by atoms with Gasteiger partial charge in [-0.1, -0.05) is 24.3 Å². The van der Waals surface area contributed by atoms with Crippen LogP contribution in [0.3, 0.4) is 0 Å². The van der Waals surface area contributed by atoms with Crippen molar-refractivity contribution in [2.24, 2.45) is 5.73 Å². The Kier molecular flexibility index (Phi) is 4.58. The zero-order valence-electron chi connectivity index (χ0n) is 11.6. The summed E-state index contributed by atoms with van der Waals surface area (Å²) in [5, 5.41) is 0. The normalized spacial score (nSPS) is 12.0. The molecule has 0 heterocycles. The van der Waals surface area contributed by atoms with Gasteiger partial charge >= 0.3 is 0 Å². The Hall–Kier alpha value is -2.07. The van der Waals surface area contributed by atoms with Crippen LogP contribution < -0.4 is 15.2 Å². The number of hydrogen-bond donors (Lipinski definition) is 1. The topological polar surface area (TPSA) is 44.5 Å². The summed E-state index contributed by atoms with van der Waals surface area (Å²) in [5.41, 5.74) is 7.27. The average molecular weight is 275 g/mol. The van der Waals surface area contributed by atoms with Crippen molar-refractivity contribution < 1.29 is 13.9 Å². The van der Waals surface area contributed by atoms with Crippen molar-refractivity contribution in [2.45, 2.75) is 19.6 Å². The lowest BCUT2D eigenvalue weighted by atomic mass is 10.1. The van der Waals surface area contributed by atoms with E-state index in [-0.39, 0.29) is 24.2 Å². The van der Waals surface area contributed by atoms with Crippen LogP contribution in [-0.4, -0.2) is 7.11 Å². The summed E-state index contributed by atoms with van der Waals surface area (Å²) < 4.78 is 24.4. The Morgan fingerprint density at radius 3 is 2.45 bits per heavy atom. The van der Waals surface area contributed by atoms with Crippen molar-refractivity contribution in [3.8, 4) is 11.5 Å². The molecule has 0 amide bonds. The maximum Gasteiger partial charge on any atom is 0.171 e. The number of methoxy groups -OCH3 is 1. The molecule has 0 bridgehead atoms. The monoisotopic (exact) mass is 275 g/mol. The molecule has 20 heavy (non-hydrogen) atoms. The molecular weight excluding hydrogens is 257 g/mol. The van der Waals surface area contributed by atoms with Gasteiger partial charge in [0, 0.05) is 11.6 Å². The highest BCUT2D eigenvalue weighted by molar-refractivity contribution is 5.32. The highest BCUT2D eigenvalue weighted by Crippen LogP contribution is 2.22. The molecule has 0 aliphatic rings. The third-order valence-corrected chi connectivity index (χ3v) is 3.06. The Balaban J connectivity index is 2.05. The molecule has 0 spiro atoms. The van der Waals surface area contributed by atoms with Crippen molar-refractivity contribution in [2.75, 3.05) is 7.11 Å². The maximum absolute atomic E-state index is 13.9. The molecule has 4 heteroatoms. The summed E-state index contributed by atoms with van der Waals surface area (Å²) in [5.74, 6) is 0.511. The summed E-state index contributed by atoms with van der Waals surface area (Å²) in [6, 6.07) is 12.4. The second-order valence-corrected chi connectivity index (χ2v) is 4.58. The largest absolute Gasteiger partial charge is 0.494 e. The third-order valence-electron chi connectivity index (χ3n) is 3.06. The molecule has 2 aromatic rings. The van der Waals surface area contributed by atoms with E-state index in [4.69, 9.17) is 15.2 Å². The number of nitrogens with two attached hydrogens (primary N) is 1. The van der Waals surface area contributed by atoms with Gasteiger partial charge in [-0.3, -0.25) is 0 Å². The molecule has 0 aliphatic carbocycles. The minimum Gasteiger partial charge on any atom is -0.494 e. The van der Waals surface area contributed by atoms with E-state index >= 15 is 0 Å². The fraction of sp³-hybridized carbons (Fsp3) is 0.250. The van der Waals surface area contributed by atoms with Gasteiger partial charge in [0.2, 0.25) is 0 Å². The number of ether oxygens (including phenoxy) is 2. The third kappa shape index (κ3) is 3.27. The molecule has 3 nitrogen and oxygen atoms in total. The first kappa shape index (κ1) is 14.3. The highest BCUT2D eigenvalue weighted by atomic mass is 19.1. The van der Waals surface area contributed by atoms with Gasteiger partial charge in [-0.05, 0) is 30.7 Å². The van der Waals surface area contributed by atoms with Crippen molar-refractivity contribution in [3.63, 3.8) is 0 Å². The van der Waals surface area contributed by atoms with Crippen LogP contribution in [0.25, 0.3) is 0 Å². The summed E-state index contributed by atoms with van der Waals surface area (Å²) in [6.45, 7) is 2.07. The van der Waals surface area contributed by atoms with Crippen LogP contribution in [0.1, 0.15) is 24.1 Å². The molecule has 1 atom stereocenters. The van der Waals surface area contributed by atoms with Crippen LogP contribution in [-0.2, 0) is 6.61 Å². The van der Waals surface area contributed by atoms with E-state index in [0.717, 1.165) is 5.56 Å². The second kappa shape index (κ2) is 6.39. The van der Waals surface area contributed by atoms with Crippen LogP contribution >= 0.6 is 0 Å². The van der Waals surface area contributed by atoms with Crippen LogP contribution in [0.15, 0.2) is 42.5 Å². The van der Waals surface area contributed by atoms with Gasteiger partial charge in [-0.25, -0.2) is 4.39 Å². The molecule has 0 aliphatic heterocycles. The number of benzene rings is 2. The lowest BCUT2D eigenvalue weighted by Gasteiger charge is -2.10. The molecule has 0 unspecified atom stereocenters. The number of hydrogen-bond acceptors (Lipinski definition) is 3. The minimum absolute atomic E-state index is 0.0140. The molecule has 0 radical (unpaired) electrons. The lowest BCUT2D eigenvalue weighted by Crippen LogP contribution is -2.04. The molecule has 106 valence electrons. The molecular formula is C16H18FNO2. The first-order chi connectivity index (χ1) is 9.61. The summed E-state index contributed by atoms with van der Waals surface area (Å²) in [6.07, 6.45) is 0. The summed E-state index contributed by atoms with van der Waals surface area (Å²) >= 11 is 0. The van der Waals surface area contributed by atoms with Gasteiger partial charge in [0.05, 0.1) is 7.11 Å². The number of halogens is 1. The summed E-state index contributed by atoms with van der Waals surface area (Å²) in [7, 11) is 1.44. The molecule has 0 saturated carbocycles. The van der Waals surface area contributed by atoms with E-state index in [1.54, 1.807) is 18.2 Å². The van der Waals surface area contributed by atoms with Gasteiger partial charge in [0.15, 0.2) is 11.6 Å². The molecule has 2 rings (SSSR count). The quantitative estimate of drug-likeness (QED) is 0.909. The molecule has 0 saturated heterocycles. The van der Waals surface area contributed by atoms with Gasteiger partial charge < -0.3 is 15.2 Å². The SMILES string of the molecule is COc1cccc(COc2ccc([C@@H](C)N)cc2)c1F. The Bertz CT molecular complexity index is 567. The zero-order chi connectivity index (χ0) is 14.5. The molecule has 2 aromatic carbocycles. The highest BCUT2D eigenvalue weighted by Gasteiger charge is 2.08. The lowest BCUT2D eigenvalue weighted by molar-refractivity contribution is 0.295. The zero-order valence-corrected chi connectivity index (χ0v) is 11.6. The van der Waals surface area contributed by atoms with Gasteiger partial charge in [-0.15, -0.1) is 0 Å². The van der Waals surface area contributed by atoms with Crippen LogP contribution in [0.5, 0.6) is 11.5 Å². The van der Waals surface area contributed by atoms with E-state index in [1.165, 1.54) is 7.11 Å². The predicted molar refractivity (Wildman–Crippen MR) is 76.3 cm³/mol. The Morgan fingerprint density at radius 1 is 1.15 bits per heavy atom. The first-order valence-electron chi connectivity index (χ1n) is 6.41. The number of rotatable bonds is 5. The fourth-order valence-electron chi connectivity index (χ4n) is 1.85. The van der Waals surface area contributed by atoms with E-state index in [1.807, 2.05) is 31.2 Å². The second-order valence-electron chi connectivity index (χ2n) is 4.58. The van der Waals surface area contributed by atoms with Crippen molar-refractivity contribution in [1.29, 1.82) is 0 Å². The van der Waals surface area contributed by atoms with Gasteiger partial charge in [-0.2, -0.15) is 0 Å². The van der Waals surface area contributed by atoms with Gasteiger partial charge in [0.25, 0.3) is 0 Å². The van der Waals surface area contributed by atoms with Crippen molar-refractivity contribution in [1.82, 2.24) is 0 Å². The first-order valence-corrected chi connectivity index (χ1v) is 6.41.